The monoisotopic (exact) mass is 115 g/mol. The van der Waals surface area contributed by atoms with Gasteiger partial charge in [0.15, 0.2) is 0 Å². The largest absolute Gasteiger partial charge is 0.511 e. The smallest absolute Gasteiger partial charge is 0.220 e. The van der Waals surface area contributed by atoms with Gasteiger partial charge < -0.3 is 10.4 Å². The number of carbonyl (C=O) groups excluding carboxylic acids is 1. The standard InChI is InChI=1S/C5H9NO2/c1-4(7)3-6-5(2)8/h3,7H,1-2H3,(H,6,8)/b4-3-. The number of nitrogens with one attached hydrogen (secondary N) is 1. The van der Waals surface area contributed by atoms with Crippen LogP contribution in [0.25, 0.3) is 0 Å². The molecule has 8 heavy (non-hydrogen) atoms. The van der Waals surface area contributed by atoms with Gasteiger partial charge in [0.25, 0.3) is 0 Å². The molecule has 0 fully saturated rings. The molecule has 0 heterocycles. The van der Waals surface area contributed by atoms with Gasteiger partial charge in [-0.05, 0) is 6.92 Å². The zero-order chi connectivity index (χ0) is 6.57. The van der Waals surface area contributed by atoms with E-state index in [1.54, 1.807) is 0 Å². The first-order chi connectivity index (χ1) is 3.63. The SMILES string of the molecule is CC(=O)N/C=C(/C)O. The van der Waals surface area contributed by atoms with Crippen LogP contribution in [0.2, 0.25) is 0 Å². The third-order valence-electron chi connectivity index (χ3n) is 0.484. The third kappa shape index (κ3) is 5.01. The highest BCUT2D eigenvalue weighted by atomic mass is 16.3. The zero-order valence-corrected chi connectivity index (χ0v) is 4.93. The Morgan fingerprint density at radius 3 is 2.25 bits per heavy atom. The lowest BCUT2D eigenvalue weighted by atomic mass is 10.6. The summed E-state index contributed by atoms with van der Waals surface area (Å²) in [7, 11) is 0. The van der Waals surface area contributed by atoms with E-state index in [4.69, 9.17) is 5.11 Å². The molecule has 0 rings (SSSR count). The van der Waals surface area contributed by atoms with E-state index < -0.39 is 0 Å². The minimum Gasteiger partial charge on any atom is -0.511 e. The van der Waals surface area contributed by atoms with E-state index in [0.29, 0.717) is 0 Å². The van der Waals surface area contributed by atoms with Crippen molar-refractivity contribution in [3.8, 4) is 0 Å². The molecule has 0 atom stereocenters. The molecule has 3 heteroatoms. The fourth-order valence-electron chi connectivity index (χ4n) is 0.206. The first-order valence-electron chi connectivity index (χ1n) is 2.26. The Balaban J connectivity index is 3.45. The molecule has 0 aliphatic heterocycles. The number of amides is 1. The summed E-state index contributed by atoms with van der Waals surface area (Å²) < 4.78 is 0. The van der Waals surface area contributed by atoms with Crippen LogP contribution in [0.4, 0.5) is 0 Å². The molecule has 0 aromatic carbocycles. The minimum absolute atomic E-state index is 0.0974. The summed E-state index contributed by atoms with van der Waals surface area (Å²) in [6.07, 6.45) is 1.24. The van der Waals surface area contributed by atoms with Crippen molar-refractivity contribution < 1.29 is 9.90 Å². The van der Waals surface area contributed by atoms with Gasteiger partial charge in [0, 0.05) is 13.1 Å². The van der Waals surface area contributed by atoms with E-state index in [1.165, 1.54) is 20.0 Å². The van der Waals surface area contributed by atoms with Crippen LogP contribution in [0.1, 0.15) is 13.8 Å². The quantitative estimate of drug-likeness (QED) is 0.490. The molecule has 2 N–H and O–H groups in total. The Morgan fingerprint density at radius 2 is 2.12 bits per heavy atom. The molecular formula is C5H9NO2. The average molecular weight is 115 g/mol. The van der Waals surface area contributed by atoms with Crippen LogP contribution < -0.4 is 5.32 Å². The van der Waals surface area contributed by atoms with E-state index in [1.807, 2.05) is 0 Å². The van der Waals surface area contributed by atoms with Crippen LogP contribution >= 0.6 is 0 Å². The van der Waals surface area contributed by atoms with Crippen molar-refractivity contribution in [3.05, 3.63) is 12.0 Å². The highest BCUT2D eigenvalue weighted by Gasteiger charge is 1.82. The number of hydrogen-bond acceptors (Lipinski definition) is 2. The van der Waals surface area contributed by atoms with Gasteiger partial charge in [-0.15, -0.1) is 0 Å². The number of carbonyl (C=O) groups is 1. The molecule has 0 radical (unpaired) electrons. The van der Waals surface area contributed by atoms with Gasteiger partial charge >= 0.3 is 0 Å². The Labute approximate surface area is 48.0 Å². The molecule has 0 saturated carbocycles. The Bertz CT molecular complexity index is 114. The van der Waals surface area contributed by atoms with Gasteiger partial charge in [0.05, 0.1) is 0 Å². The molecule has 0 aromatic heterocycles. The summed E-state index contributed by atoms with van der Waals surface area (Å²) in [6.45, 7) is 2.86. The highest BCUT2D eigenvalue weighted by molar-refractivity contribution is 5.73. The fourth-order valence-corrected chi connectivity index (χ4v) is 0.206. The predicted octanol–water partition coefficient (Wildman–Crippen LogP) is 0.542. The van der Waals surface area contributed by atoms with Crippen molar-refractivity contribution in [2.75, 3.05) is 0 Å². The Hall–Kier alpha value is -0.990. The van der Waals surface area contributed by atoms with E-state index >= 15 is 0 Å². The van der Waals surface area contributed by atoms with Gasteiger partial charge in [-0.2, -0.15) is 0 Å². The lowest BCUT2D eigenvalue weighted by Gasteiger charge is -1.89. The Morgan fingerprint density at radius 1 is 1.62 bits per heavy atom. The third-order valence-corrected chi connectivity index (χ3v) is 0.484. The predicted molar refractivity (Wildman–Crippen MR) is 30.2 cm³/mol. The lowest BCUT2D eigenvalue weighted by molar-refractivity contribution is -0.118. The number of rotatable bonds is 1. The summed E-state index contributed by atoms with van der Waals surface area (Å²) in [5.41, 5.74) is 0. The van der Waals surface area contributed by atoms with Crippen LogP contribution in [-0.2, 0) is 4.79 Å². The van der Waals surface area contributed by atoms with Crippen LogP contribution in [-0.4, -0.2) is 11.0 Å². The Kier molecular flexibility index (Phi) is 2.69. The van der Waals surface area contributed by atoms with Crippen molar-refractivity contribution in [3.63, 3.8) is 0 Å². The van der Waals surface area contributed by atoms with Gasteiger partial charge in [0.2, 0.25) is 5.91 Å². The maximum Gasteiger partial charge on any atom is 0.220 e. The molecule has 0 saturated heterocycles. The summed E-state index contributed by atoms with van der Waals surface area (Å²) in [5.74, 6) is -0.0846. The number of hydrogen-bond donors (Lipinski definition) is 2. The number of aliphatic hydroxyl groups excluding tert-OH is 1. The maximum absolute atomic E-state index is 10.1. The lowest BCUT2D eigenvalue weighted by Crippen LogP contribution is -2.12. The average Bonchev–Trinajstić information content (AvgIpc) is 1.61. The van der Waals surface area contributed by atoms with Crippen molar-refractivity contribution in [2.45, 2.75) is 13.8 Å². The molecule has 1 amide bonds. The van der Waals surface area contributed by atoms with Gasteiger partial charge in [-0.25, -0.2) is 0 Å². The number of aliphatic hydroxyl groups is 1. The van der Waals surface area contributed by atoms with E-state index in [9.17, 15) is 4.79 Å². The fraction of sp³-hybridized carbons (Fsp3) is 0.400. The van der Waals surface area contributed by atoms with Crippen molar-refractivity contribution in [1.29, 1.82) is 0 Å². The van der Waals surface area contributed by atoms with Gasteiger partial charge in [0.1, 0.15) is 5.76 Å². The summed E-state index contributed by atoms with van der Waals surface area (Å²) in [6, 6.07) is 0. The molecular weight excluding hydrogens is 106 g/mol. The van der Waals surface area contributed by atoms with E-state index in [-0.39, 0.29) is 11.7 Å². The summed E-state index contributed by atoms with van der Waals surface area (Å²) >= 11 is 0. The molecule has 0 unspecified atom stereocenters. The molecule has 46 valence electrons. The second kappa shape index (κ2) is 3.07. The number of allylic oxidation sites excluding steroid dienone is 1. The van der Waals surface area contributed by atoms with Crippen molar-refractivity contribution in [2.24, 2.45) is 0 Å². The molecule has 0 aromatic rings. The zero-order valence-electron chi connectivity index (χ0n) is 4.93. The molecule has 0 spiro atoms. The molecule has 0 bridgehead atoms. The first-order valence-corrected chi connectivity index (χ1v) is 2.26. The second-order valence-corrected chi connectivity index (χ2v) is 1.49. The van der Waals surface area contributed by atoms with Crippen molar-refractivity contribution in [1.82, 2.24) is 5.32 Å². The second-order valence-electron chi connectivity index (χ2n) is 1.49. The van der Waals surface area contributed by atoms with Crippen LogP contribution in [0.5, 0.6) is 0 Å². The van der Waals surface area contributed by atoms with Crippen LogP contribution in [0, 0.1) is 0 Å². The summed E-state index contributed by atoms with van der Waals surface area (Å²) in [4.78, 5) is 10.1. The van der Waals surface area contributed by atoms with Crippen molar-refractivity contribution >= 4 is 5.91 Å². The van der Waals surface area contributed by atoms with E-state index in [2.05, 4.69) is 5.32 Å². The normalized spacial score (nSPS) is 11.0. The molecule has 0 aliphatic rings. The first kappa shape index (κ1) is 7.01. The maximum atomic E-state index is 10.1. The van der Waals surface area contributed by atoms with Gasteiger partial charge in [-0.3, -0.25) is 4.79 Å². The molecule has 0 aliphatic carbocycles. The topological polar surface area (TPSA) is 49.3 Å². The van der Waals surface area contributed by atoms with Crippen LogP contribution in [0.15, 0.2) is 12.0 Å². The summed E-state index contributed by atoms with van der Waals surface area (Å²) in [5, 5.41) is 10.7. The molecule has 3 nitrogen and oxygen atoms in total. The van der Waals surface area contributed by atoms with Crippen LogP contribution in [0.3, 0.4) is 0 Å². The minimum atomic E-state index is -0.182. The van der Waals surface area contributed by atoms with E-state index in [0.717, 1.165) is 0 Å². The van der Waals surface area contributed by atoms with Gasteiger partial charge in [-0.1, -0.05) is 0 Å². The highest BCUT2D eigenvalue weighted by Crippen LogP contribution is 1.77.